The molecule has 132 valence electrons. The molecule has 0 unspecified atom stereocenters. The quantitative estimate of drug-likeness (QED) is 0.781. The van der Waals surface area contributed by atoms with E-state index in [1.807, 2.05) is 12.1 Å². The number of hydrazone groups is 1. The largest absolute Gasteiger partial charge is 0.497 e. The minimum Gasteiger partial charge on any atom is -0.497 e. The highest BCUT2D eigenvalue weighted by Gasteiger charge is 2.16. The van der Waals surface area contributed by atoms with Gasteiger partial charge in [0.2, 0.25) is 0 Å². The zero-order valence-electron chi connectivity index (χ0n) is 15.4. The van der Waals surface area contributed by atoms with Gasteiger partial charge >= 0.3 is 0 Å². The van der Waals surface area contributed by atoms with Crippen LogP contribution in [0.3, 0.4) is 0 Å². The smallest absolute Gasteiger partial charge is 0.118 e. The number of nitrogens with zero attached hydrogens (tertiary/aromatic N) is 3. The molecule has 1 saturated heterocycles. The van der Waals surface area contributed by atoms with Gasteiger partial charge in [-0.05, 0) is 49.2 Å². The number of hydrogen-bond acceptors (Lipinski definition) is 4. The second-order valence-corrected chi connectivity index (χ2v) is 6.63. The van der Waals surface area contributed by atoms with E-state index >= 15 is 0 Å². The van der Waals surface area contributed by atoms with Crippen LogP contribution in [-0.2, 0) is 6.54 Å². The Hall–Kier alpha value is -2.33. The third-order valence-electron chi connectivity index (χ3n) is 4.67. The van der Waals surface area contributed by atoms with Gasteiger partial charge in [0, 0.05) is 32.7 Å². The summed E-state index contributed by atoms with van der Waals surface area (Å²) in [6.45, 7) is 9.26. The number of ether oxygens (including phenoxy) is 1. The standard InChI is InChI=1S/C21H27N3O/c1-17-4-6-19(7-5-17)16-23-12-14-24(15-13-23)22-18(2)20-8-10-21(25-3)11-9-20/h4-11H,12-16H2,1-3H3/b22-18-. The van der Waals surface area contributed by atoms with Crippen LogP contribution in [0.2, 0.25) is 0 Å². The molecule has 0 atom stereocenters. The molecule has 1 aliphatic rings. The Kier molecular flexibility index (Phi) is 5.71. The van der Waals surface area contributed by atoms with E-state index in [0.29, 0.717) is 0 Å². The monoisotopic (exact) mass is 337 g/mol. The zero-order chi connectivity index (χ0) is 17.6. The van der Waals surface area contributed by atoms with Crippen LogP contribution < -0.4 is 4.74 Å². The summed E-state index contributed by atoms with van der Waals surface area (Å²) in [6, 6.07) is 16.9. The lowest BCUT2D eigenvalue weighted by atomic mass is 10.1. The van der Waals surface area contributed by atoms with Crippen LogP contribution in [0.5, 0.6) is 5.75 Å². The Balaban J connectivity index is 1.53. The minimum atomic E-state index is 0.876. The van der Waals surface area contributed by atoms with Crippen molar-refractivity contribution in [2.75, 3.05) is 33.3 Å². The van der Waals surface area contributed by atoms with Gasteiger partial charge in [0.1, 0.15) is 5.75 Å². The molecular formula is C21H27N3O. The van der Waals surface area contributed by atoms with Crippen LogP contribution in [0.25, 0.3) is 0 Å². The summed E-state index contributed by atoms with van der Waals surface area (Å²) < 4.78 is 5.21. The average molecular weight is 337 g/mol. The van der Waals surface area contributed by atoms with Crippen molar-refractivity contribution in [2.45, 2.75) is 20.4 Å². The van der Waals surface area contributed by atoms with Gasteiger partial charge in [0.15, 0.2) is 0 Å². The van der Waals surface area contributed by atoms with Gasteiger partial charge in [-0.3, -0.25) is 9.91 Å². The predicted molar refractivity (Wildman–Crippen MR) is 103 cm³/mol. The maximum Gasteiger partial charge on any atom is 0.118 e. The van der Waals surface area contributed by atoms with Gasteiger partial charge in [-0.2, -0.15) is 5.10 Å². The Morgan fingerprint density at radius 2 is 1.60 bits per heavy atom. The first-order valence-electron chi connectivity index (χ1n) is 8.86. The summed E-state index contributed by atoms with van der Waals surface area (Å²) in [4.78, 5) is 2.50. The molecule has 2 aromatic rings. The fraction of sp³-hybridized carbons (Fsp3) is 0.381. The van der Waals surface area contributed by atoms with Gasteiger partial charge < -0.3 is 4.74 Å². The average Bonchev–Trinajstić information content (AvgIpc) is 2.65. The van der Waals surface area contributed by atoms with E-state index < -0.39 is 0 Å². The molecule has 0 aromatic heterocycles. The number of piperazine rings is 1. The van der Waals surface area contributed by atoms with E-state index in [1.165, 1.54) is 11.1 Å². The van der Waals surface area contributed by atoms with Crippen LogP contribution in [0.15, 0.2) is 53.6 Å². The highest BCUT2D eigenvalue weighted by molar-refractivity contribution is 5.98. The molecule has 1 aliphatic heterocycles. The molecule has 25 heavy (non-hydrogen) atoms. The van der Waals surface area contributed by atoms with Crippen LogP contribution in [-0.4, -0.2) is 48.9 Å². The number of benzene rings is 2. The fourth-order valence-corrected chi connectivity index (χ4v) is 3.05. The summed E-state index contributed by atoms with van der Waals surface area (Å²) in [5.74, 6) is 0.876. The van der Waals surface area contributed by atoms with E-state index in [-0.39, 0.29) is 0 Å². The van der Waals surface area contributed by atoms with Crippen molar-refractivity contribution in [3.05, 3.63) is 65.2 Å². The molecule has 0 aliphatic carbocycles. The summed E-state index contributed by atoms with van der Waals surface area (Å²) in [5.41, 5.74) is 4.89. The molecule has 0 saturated carbocycles. The molecular weight excluding hydrogens is 310 g/mol. The van der Waals surface area contributed by atoms with E-state index in [0.717, 1.165) is 49.7 Å². The highest BCUT2D eigenvalue weighted by Crippen LogP contribution is 2.14. The first-order valence-corrected chi connectivity index (χ1v) is 8.86. The first kappa shape index (κ1) is 17.5. The third-order valence-corrected chi connectivity index (χ3v) is 4.67. The van der Waals surface area contributed by atoms with E-state index in [2.05, 4.69) is 60.2 Å². The molecule has 0 amide bonds. The summed E-state index contributed by atoms with van der Waals surface area (Å²) in [7, 11) is 1.69. The van der Waals surface area contributed by atoms with Gasteiger partial charge in [0.25, 0.3) is 0 Å². The van der Waals surface area contributed by atoms with Crippen LogP contribution >= 0.6 is 0 Å². The van der Waals surface area contributed by atoms with Crippen molar-refractivity contribution in [2.24, 2.45) is 5.10 Å². The fourth-order valence-electron chi connectivity index (χ4n) is 3.05. The topological polar surface area (TPSA) is 28.1 Å². The van der Waals surface area contributed by atoms with Crippen molar-refractivity contribution in [3.63, 3.8) is 0 Å². The maximum absolute atomic E-state index is 5.21. The first-order chi connectivity index (χ1) is 12.1. The molecule has 0 N–H and O–H groups in total. The van der Waals surface area contributed by atoms with Crippen molar-refractivity contribution in [1.29, 1.82) is 0 Å². The van der Waals surface area contributed by atoms with Gasteiger partial charge in [-0.25, -0.2) is 0 Å². The van der Waals surface area contributed by atoms with Crippen LogP contribution in [0.4, 0.5) is 0 Å². The van der Waals surface area contributed by atoms with E-state index in [1.54, 1.807) is 7.11 Å². The molecule has 4 heteroatoms. The molecule has 0 bridgehead atoms. The lowest BCUT2D eigenvalue weighted by molar-refractivity contribution is 0.130. The maximum atomic E-state index is 5.21. The Morgan fingerprint density at radius 1 is 0.960 bits per heavy atom. The minimum absolute atomic E-state index is 0.876. The van der Waals surface area contributed by atoms with Crippen molar-refractivity contribution in [1.82, 2.24) is 9.91 Å². The van der Waals surface area contributed by atoms with E-state index in [9.17, 15) is 0 Å². The van der Waals surface area contributed by atoms with Gasteiger partial charge in [-0.15, -0.1) is 0 Å². The lowest BCUT2D eigenvalue weighted by Crippen LogP contribution is -2.43. The second-order valence-electron chi connectivity index (χ2n) is 6.63. The molecule has 4 nitrogen and oxygen atoms in total. The van der Waals surface area contributed by atoms with Crippen molar-refractivity contribution < 1.29 is 4.74 Å². The normalized spacial score (nSPS) is 16.1. The molecule has 0 radical (unpaired) electrons. The summed E-state index contributed by atoms with van der Waals surface area (Å²) >= 11 is 0. The van der Waals surface area contributed by atoms with Gasteiger partial charge in [-0.1, -0.05) is 29.8 Å². The Morgan fingerprint density at radius 3 is 2.20 bits per heavy atom. The van der Waals surface area contributed by atoms with Gasteiger partial charge in [0.05, 0.1) is 12.8 Å². The highest BCUT2D eigenvalue weighted by atomic mass is 16.5. The number of rotatable bonds is 5. The number of methoxy groups -OCH3 is 1. The molecule has 1 fully saturated rings. The Labute approximate surface area is 150 Å². The zero-order valence-corrected chi connectivity index (χ0v) is 15.4. The predicted octanol–water partition coefficient (Wildman–Crippen LogP) is 3.55. The molecule has 0 spiro atoms. The Bertz CT molecular complexity index is 699. The molecule has 1 heterocycles. The summed E-state index contributed by atoms with van der Waals surface area (Å²) in [5, 5.41) is 6.98. The second kappa shape index (κ2) is 8.17. The lowest BCUT2D eigenvalue weighted by Gasteiger charge is -2.33. The van der Waals surface area contributed by atoms with Crippen molar-refractivity contribution in [3.8, 4) is 5.75 Å². The third kappa shape index (κ3) is 4.83. The van der Waals surface area contributed by atoms with Crippen LogP contribution in [0, 0.1) is 6.92 Å². The molecule has 3 rings (SSSR count). The number of hydrogen-bond donors (Lipinski definition) is 0. The van der Waals surface area contributed by atoms with Crippen molar-refractivity contribution >= 4 is 5.71 Å². The number of aryl methyl sites for hydroxylation is 1. The van der Waals surface area contributed by atoms with Crippen LogP contribution in [0.1, 0.15) is 23.6 Å². The van der Waals surface area contributed by atoms with E-state index in [4.69, 9.17) is 9.84 Å². The SMILES string of the molecule is COc1ccc(/C(C)=N\N2CCN(Cc3ccc(C)cc3)CC2)cc1. The summed E-state index contributed by atoms with van der Waals surface area (Å²) in [6.07, 6.45) is 0. The molecule has 2 aromatic carbocycles.